The van der Waals surface area contributed by atoms with E-state index in [1.54, 1.807) is 29.2 Å². The Balaban J connectivity index is 2.01. The predicted molar refractivity (Wildman–Crippen MR) is 80.2 cm³/mol. The first-order valence-electron chi connectivity index (χ1n) is 7.35. The third kappa shape index (κ3) is 4.04. The standard InChI is InChI=1S/C16H22N2O3/c1-11(2)17-15(20)12-3-5-13(6-4-12)16(21)18-9-7-14(19)8-10-18/h3-6,11,14,19H,7-10H2,1-2H3,(H,17,20). The number of carbonyl (C=O) groups excluding carboxylic acids is 2. The van der Waals surface area contributed by atoms with Gasteiger partial charge in [0.15, 0.2) is 0 Å². The lowest BCUT2D eigenvalue weighted by Crippen LogP contribution is -2.40. The number of rotatable bonds is 3. The maximum atomic E-state index is 12.3. The molecule has 1 heterocycles. The number of hydrogen-bond donors (Lipinski definition) is 2. The highest BCUT2D eigenvalue weighted by Crippen LogP contribution is 2.14. The van der Waals surface area contributed by atoms with Gasteiger partial charge in [-0.25, -0.2) is 0 Å². The summed E-state index contributed by atoms with van der Waals surface area (Å²) >= 11 is 0. The van der Waals surface area contributed by atoms with Crippen LogP contribution in [-0.2, 0) is 0 Å². The largest absolute Gasteiger partial charge is 0.393 e. The molecule has 1 aromatic rings. The summed E-state index contributed by atoms with van der Waals surface area (Å²) in [5, 5.41) is 12.3. The summed E-state index contributed by atoms with van der Waals surface area (Å²) < 4.78 is 0. The van der Waals surface area contributed by atoms with Gasteiger partial charge < -0.3 is 15.3 Å². The first kappa shape index (κ1) is 15.5. The van der Waals surface area contributed by atoms with E-state index in [1.807, 2.05) is 13.8 Å². The molecule has 21 heavy (non-hydrogen) atoms. The highest BCUT2D eigenvalue weighted by Gasteiger charge is 2.22. The predicted octanol–water partition coefficient (Wildman–Crippen LogP) is 1.42. The lowest BCUT2D eigenvalue weighted by atomic mass is 10.1. The van der Waals surface area contributed by atoms with Gasteiger partial charge in [0.25, 0.3) is 11.8 Å². The Hall–Kier alpha value is -1.88. The number of aliphatic hydroxyl groups is 1. The summed E-state index contributed by atoms with van der Waals surface area (Å²) in [6, 6.07) is 6.79. The number of amides is 2. The molecule has 0 unspecified atom stereocenters. The van der Waals surface area contributed by atoms with Crippen LogP contribution in [0.4, 0.5) is 0 Å². The van der Waals surface area contributed by atoms with Crippen molar-refractivity contribution in [2.24, 2.45) is 0 Å². The maximum Gasteiger partial charge on any atom is 0.253 e. The summed E-state index contributed by atoms with van der Waals surface area (Å²) in [5.74, 6) is -0.178. The van der Waals surface area contributed by atoms with Crippen LogP contribution in [-0.4, -0.2) is 47.1 Å². The molecule has 5 heteroatoms. The van der Waals surface area contributed by atoms with Gasteiger partial charge in [-0.05, 0) is 51.0 Å². The molecule has 1 aliphatic rings. The van der Waals surface area contributed by atoms with Crippen molar-refractivity contribution in [1.29, 1.82) is 0 Å². The first-order chi connectivity index (χ1) is 9.97. The van der Waals surface area contributed by atoms with E-state index in [0.717, 1.165) is 0 Å². The zero-order chi connectivity index (χ0) is 15.4. The molecule has 2 amide bonds. The van der Waals surface area contributed by atoms with Gasteiger partial charge in [-0.1, -0.05) is 0 Å². The van der Waals surface area contributed by atoms with Crippen LogP contribution >= 0.6 is 0 Å². The van der Waals surface area contributed by atoms with Crippen LogP contribution in [0, 0.1) is 0 Å². The number of nitrogens with one attached hydrogen (secondary N) is 1. The molecule has 1 aromatic carbocycles. The average Bonchev–Trinajstić information content (AvgIpc) is 2.47. The van der Waals surface area contributed by atoms with Crippen molar-refractivity contribution < 1.29 is 14.7 Å². The van der Waals surface area contributed by atoms with Gasteiger partial charge in [0.1, 0.15) is 0 Å². The van der Waals surface area contributed by atoms with Crippen LogP contribution in [0.25, 0.3) is 0 Å². The van der Waals surface area contributed by atoms with Crippen LogP contribution in [0.1, 0.15) is 47.4 Å². The van der Waals surface area contributed by atoms with Gasteiger partial charge in [-0.3, -0.25) is 9.59 Å². The van der Waals surface area contributed by atoms with Crippen molar-refractivity contribution in [3.05, 3.63) is 35.4 Å². The minimum atomic E-state index is -0.295. The zero-order valence-electron chi connectivity index (χ0n) is 12.5. The van der Waals surface area contributed by atoms with Gasteiger partial charge in [0.2, 0.25) is 0 Å². The minimum Gasteiger partial charge on any atom is -0.393 e. The molecule has 2 rings (SSSR count). The van der Waals surface area contributed by atoms with E-state index in [1.165, 1.54) is 0 Å². The third-order valence-corrected chi connectivity index (χ3v) is 3.57. The van der Waals surface area contributed by atoms with Crippen molar-refractivity contribution in [3.8, 4) is 0 Å². The van der Waals surface area contributed by atoms with Crippen molar-refractivity contribution in [1.82, 2.24) is 10.2 Å². The Morgan fingerprint density at radius 2 is 1.67 bits per heavy atom. The monoisotopic (exact) mass is 290 g/mol. The van der Waals surface area contributed by atoms with Crippen molar-refractivity contribution in [3.63, 3.8) is 0 Å². The van der Waals surface area contributed by atoms with Gasteiger partial charge in [0, 0.05) is 30.3 Å². The topological polar surface area (TPSA) is 69.6 Å². The molecule has 0 bridgehead atoms. The summed E-state index contributed by atoms with van der Waals surface area (Å²) in [4.78, 5) is 25.9. The fourth-order valence-corrected chi connectivity index (χ4v) is 2.36. The van der Waals surface area contributed by atoms with E-state index in [4.69, 9.17) is 0 Å². The molecule has 0 saturated carbocycles. The lowest BCUT2D eigenvalue weighted by molar-refractivity contribution is 0.0546. The summed E-state index contributed by atoms with van der Waals surface area (Å²) in [7, 11) is 0. The molecule has 114 valence electrons. The minimum absolute atomic E-state index is 0.0438. The van der Waals surface area contributed by atoms with E-state index in [2.05, 4.69) is 5.32 Å². The summed E-state index contributed by atoms with van der Waals surface area (Å²) in [6.07, 6.45) is 0.956. The van der Waals surface area contributed by atoms with Gasteiger partial charge in [0.05, 0.1) is 6.10 Å². The Bertz CT molecular complexity index is 503. The molecule has 1 saturated heterocycles. The number of hydrogen-bond acceptors (Lipinski definition) is 3. The third-order valence-electron chi connectivity index (χ3n) is 3.57. The van der Waals surface area contributed by atoms with Crippen LogP contribution < -0.4 is 5.32 Å². The van der Waals surface area contributed by atoms with E-state index in [0.29, 0.717) is 37.1 Å². The second-order valence-electron chi connectivity index (χ2n) is 5.73. The van der Waals surface area contributed by atoms with E-state index in [-0.39, 0.29) is 24.0 Å². The van der Waals surface area contributed by atoms with E-state index < -0.39 is 0 Å². The summed E-state index contributed by atoms with van der Waals surface area (Å²) in [6.45, 7) is 4.96. The van der Waals surface area contributed by atoms with Gasteiger partial charge in [-0.15, -0.1) is 0 Å². The Labute approximate surface area is 125 Å². The molecule has 5 nitrogen and oxygen atoms in total. The van der Waals surface area contributed by atoms with Crippen molar-refractivity contribution >= 4 is 11.8 Å². The molecule has 0 aliphatic carbocycles. The fourth-order valence-electron chi connectivity index (χ4n) is 2.36. The van der Waals surface area contributed by atoms with Crippen LogP contribution in [0.15, 0.2) is 24.3 Å². The smallest absolute Gasteiger partial charge is 0.253 e. The number of carbonyl (C=O) groups is 2. The van der Waals surface area contributed by atoms with Gasteiger partial charge >= 0.3 is 0 Å². The number of aliphatic hydroxyl groups excluding tert-OH is 1. The molecule has 1 aliphatic heterocycles. The normalized spacial score (nSPS) is 16.1. The number of nitrogens with zero attached hydrogens (tertiary/aromatic N) is 1. The SMILES string of the molecule is CC(C)NC(=O)c1ccc(C(=O)N2CCC(O)CC2)cc1. The average molecular weight is 290 g/mol. The zero-order valence-corrected chi connectivity index (χ0v) is 12.5. The first-order valence-corrected chi connectivity index (χ1v) is 7.35. The quantitative estimate of drug-likeness (QED) is 0.884. The fraction of sp³-hybridized carbons (Fsp3) is 0.500. The molecule has 2 N–H and O–H groups in total. The molecule has 0 aromatic heterocycles. The van der Waals surface area contributed by atoms with Crippen LogP contribution in [0.3, 0.4) is 0 Å². The van der Waals surface area contributed by atoms with E-state index in [9.17, 15) is 14.7 Å². The number of piperidine rings is 1. The Kier molecular flexibility index (Phi) is 4.96. The van der Waals surface area contributed by atoms with E-state index >= 15 is 0 Å². The second-order valence-corrected chi connectivity index (χ2v) is 5.73. The van der Waals surface area contributed by atoms with Gasteiger partial charge in [-0.2, -0.15) is 0 Å². The Morgan fingerprint density at radius 3 is 2.19 bits per heavy atom. The highest BCUT2D eigenvalue weighted by atomic mass is 16.3. The number of benzene rings is 1. The Morgan fingerprint density at radius 1 is 1.14 bits per heavy atom. The van der Waals surface area contributed by atoms with Crippen molar-refractivity contribution in [2.75, 3.05) is 13.1 Å². The second kappa shape index (κ2) is 6.72. The van der Waals surface area contributed by atoms with Crippen molar-refractivity contribution in [2.45, 2.75) is 38.8 Å². The molecule has 0 spiro atoms. The maximum absolute atomic E-state index is 12.3. The highest BCUT2D eigenvalue weighted by molar-refractivity contribution is 5.97. The molecule has 0 radical (unpaired) electrons. The van der Waals surface area contributed by atoms with Crippen LogP contribution in [0.5, 0.6) is 0 Å². The molecule has 0 atom stereocenters. The van der Waals surface area contributed by atoms with Crippen LogP contribution in [0.2, 0.25) is 0 Å². The lowest BCUT2D eigenvalue weighted by Gasteiger charge is -2.29. The molecular weight excluding hydrogens is 268 g/mol. The molecular formula is C16H22N2O3. The molecule has 1 fully saturated rings. The number of likely N-dealkylation sites (tertiary alicyclic amines) is 1. The summed E-state index contributed by atoms with van der Waals surface area (Å²) in [5.41, 5.74) is 1.13.